The van der Waals surface area contributed by atoms with Crippen molar-refractivity contribution in [3.63, 3.8) is 0 Å². The van der Waals surface area contributed by atoms with Gasteiger partial charge in [0.25, 0.3) is 0 Å². The van der Waals surface area contributed by atoms with Crippen LogP contribution in [0.5, 0.6) is 5.75 Å². The topological polar surface area (TPSA) is 34.1 Å². The van der Waals surface area contributed by atoms with Crippen LogP contribution in [-0.2, 0) is 6.54 Å². The molecule has 0 aliphatic rings. The lowest BCUT2D eigenvalue weighted by molar-refractivity contribution is 0.411. The van der Waals surface area contributed by atoms with Crippen molar-refractivity contribution < 1.29 is 4.74 Å². The van der Waals surface area contributed by atoms with Gasteiger partial charge in [0.05, 0.1) is 13.2 Å². The maximum Gasteiger partial charge on any atom is 0.121 e. The van der Waals surface area contributed by atoms with E-state index < -0.39 is 0 Å². The predicted octanol–water partition coefficient (Wildman–Crippen LogP) is 3.31. The third-order valence-corrected chi connectivity index (χ3v) is 3.85. The summed E-state index contributed by atoms with van der Waals surface area (Å²) in [6.45, 7) is 5.04. The molecule has 0 aliphatic heterocycles. The van der Waals surface area contributed by atoms with Gasteiger partial charge in [-0.15, -0.1) is 11.3 Å². The van der Waals surface area contributed by atoms with Crippen molar-refractivity contribution in [2.45, 2.75) is 26.4 Å². The fraction of sp³-hybridized carbons (Fsp3) is 0.357. The second kappa shape index (κ2) is 5.98. The molecule has 0 saturated carbocycles. The van der Waals surface area contributed by atoms with Gasteiger partial charge in [-0.2, -0.15) is 0 Å². The van der Waals surface area contributed by atoms with Crippen LogP contribution < -0.4 is 10.1 Å². The molecule has 1 heterocycles. The molecule has 3 nitrogen and oxygen atoms in total. The average Bonchev–Trinajstić information content (AvgIpc) is 2.90. The molecule has 1 aromatic heterocycles. The molecule has 18 heavy (non-hydrogen) atoms. The van der Waals surface area contributed by atoms with Crippen LogP contribution >= 0.6 is 11.3 Å². The molecule has 1 unspecified atom stereocenters. The van der Waals surface area contributed by atoms with Crippen molar-refractivity contribution >= 4 is 11.3 Å². The molecule has 1 atom stereocenters. The lowest BCUT2D eigenvalue weighted by atomic mass is 10.1. The van der Waals surface area contributed by atoms with Crippen LogP contribution in [0, 0.1) is 6.92 Å². The van der Waals surface area contributed by atoms with Crippen LogP contribution in [0.1, 0.15) is 29.1 Å². The van der Waals surface area contributed by atoms with Crippen molar-refractivity contribution in [3.05, 3.63) is 45.9 Å². The Morgan fingerprint density at radius 2 is 2.28 bits per heavy atom. The first-order valence-electron chi connectivity index (χ1n) is 5.97. The minimum Gasteiger partial charge on any atom is -0.496 e. The molecule has 0 spiro atoms. The number of hydrogen-bond donors (Lipinski definition) is 1. The zero-order valence-corrected chi connectivity index (χ0v) is 11.8. The number of benzene rings is 1. The molecule has 2 aromatic rings. The molecule has 0 aliphatic carbocycles. The summed E-state index contributed by atoms with van der Waals surface area (Å²) in [6, 6.07) is 6.54. The predicted molar refractivity (Wildman–Crippen MR) is 75.1 cm³/mol. The Kier molecular flexibility index (Phi) is 4.33. The van der Waals surface area contributed by atoms with E-state index in [-0.39, 0.29) is 6.04 Å². The standard InChI is InChI=1S/C14H18N2OS/c1-10-8-12(4-5-13(10)17-3)9-16-11(2)14-15-6-7-18-14/h4-8,11,16H,9H2,1-3H3. The number of ether oxygens (including phenoxy) is 1. The van der Waals surface area contributed by atoms with Gasteiger partial charge in [-0.25, -0.2) is 4.98 Å². The molecule has 96 valence electrons. The third kappa shape index (κ3) is 3.09. The van der Waals surface area contributed by atoms with Crippen LogP contribution in [-0.4, -0.2) is 12.1 Å². The number of rotatable bonds is 5. The largest absolute Gasteiger partial charge is 0.496 e. The molecule has 2 rings (SSSR count). The summed E-state index contributed by atoms with van der Waals surface area (Å²) in [7, 11) is 1.70. The Morgan fingerprint density at radius 1 is 1.44 bits per heavy atom. The summed E-state index contributed by atoms with van der Waals surface area (Å²) < 4.78 is 5.26. The first-order chi connectivity index (χ1) is 8.70. The number of aromatic nitrogens is 1. The van der Waals surface area contributed by atoms with Crippen molar-refractivity contribution in [1.29, 1.82) is 0 Å². The zero-order chi connectivity index (χ0) is 13.0. The number of nitrogens with zero attached hydrogens (tertiary/aromatic N) is 1. The fourth-order valence-corrected chi connectivity index (χ4v) is 2.53. The zero-order valence-electron chi connectivity index (χ0n) is 10.9. The van der Waals surface area contributed by atoms with Gasteiger partial charge < -0.3 is 10.1 Å². The Balaban J connectivity index is 1.96. The summed E-state index contributed by atoms with van der Waals surface area (Å²) in [5.74, 6) is 0.937. The molecule has 0 amide bonds. The van der Waals surface area contributed by atoms with Crippen LogP contribution in [0.2, 0.25) is 0 Å². The lowest BCUT2D eigenvalue weighted by Gasteiger charge is -2.12. The van der Waals surface area contributed by atoms with Gasteiger partial charge in [0, 0.05) is 18.1 Å². The summed E-state index contributed by atoms with van der Waals surface area (Å²) >= 11 is 1.68. The highest BCUT2D eigenvalue weighted by molar-refractivity contribution is 7.09. The van der Waals surface area contributed by atoms with Gasteiger partial charge in [0.2, 0.25) is 0 Å². The van der Waals surface area contributed by atoms with E-state index in [1.165, 1.54) is 11.1 Å². The van der Waals surface area contributed by atoms with Crippen LogP contribution in [0.4, 0.5) is 0 Å². The lowest BCUT2D eigenvalue weighted by Crippen LogP contribution is -2.17. The number of nitrogens with one attached hydrogen (secondary N) is 1. The first kappa shape index (κ1) is 13.1. The van der Waals surface area contributed by atoms with Gasteiger partial charge in [-0.3, -0.25) is 0 Å². The van der Waals surface area contributed by atoms with Crippen molar-refractivity contribution in [2.24, 2.45) is 0 Å². The monoisotopic (exact) mass is 262 g/mol. The van der Waals surface area contributed by atoms with E-state index in [2.05, 4.69) is 36.3 Å². The second-order valence-electron chi connectivity index (χ2n) is 4.28. The summed E-state index contributed by atoms with van der Waals surface area (Å²) in [5.41, 5.74) is 2.43. The molecule has 0 fully saturated rings. The van der Waals surface area contributed by atoms with Crippen molar-refractivity contribution in [1.82, 2.24) is 10.3 Å². The van der Waals surface area contributed by atoms with Gasteiger partial charge in [0.15, 0.2) is 0 Å². The van der Waals surface area contributed by atoms with Gasteiger partial charge in [-0.05, 0) is 31.0 Å². The molecular weight excluding hydrogens is 244 g/mol. The molecule has 4 heteroatoms. The van der Waals surface area contributed by atoms with Gasteiger partial charge in [0.1, 0.15) is 10.8 Å². The highest BCUT2D eigenvalue weighted by Gasteiger charge is 2.07. The first-order valence-corrected chi connectivity index (χ1v) is 6.85. The average molecular weight is 262 g/mol. The fourth-order valence-electron chi connectivity index (χ4n) is 1.86. The number of thiazole rings is 1. The van der Waals surface area contributed by atoms with Crippen molar-refractivity contribution in [3.8, 4) is 5.75 Å². The normalized spacial score (nSPS) is 12.4. The number of hydrogen-bond acceptors (Lipinski definition) is 4. The Hall–Kier alpha value is -1.39. The van der Waals surface area contributed by atoms with E-state index >= 15 is 0 Å². The van der Waals surface area contributed by atoms with Gasteiger partial charge >= 0.3 is 0 Å². The Labute approximate surface area is 112 Å². The Morgan fingerprint density at radius 3 is 2.89 bits per heavy atom. The van der Waals surface area contributed by atoms with Crippen molar-refractivity contribution in [2.75, 3.05) is 7.11 Å². The van der Waals surface area contributed by atoms with E-state index in [4.69, 9.17) is 4.74 Å². The maximum atomic E-state index is 5.26. The summed E-state index contributed by atoms with van der Waals surface area (Å²) in [4.78, 5) is 4.31. The molecule has 0 saturated heterocycles. The van der Waals surface area contributed by atoms with Crippen LogP contribution in [0.25, 0.3) is 0 Å². The number of methoxy groups -OCH3 is 1. The summed E-state index contributed by atoms with van der Waals surface area (Å²) in [6.07, 6.45) is 1.84. The highest BCUT2D eigenvalue weighted by atomic mass is 32.1. The minimum atomic E-state index is 0.285. The maximum absolute atomic E-state index is 5.26. The van der Waals surface area contributed by atoms with E-state index in [9.17, 15) is 0 Å². The molecule has 0 radical (unpaired) electrons. The Bertz CT molecular complexity index is 497. The summed E-state index contributed by atoms with van der Waals surface area (Å²) in [5, 5.41) is 6.60. The molecule has 1 N–H and O–H groups in total. The van der Waals surface area contributed by atoms with E-state index in [1.807, 2.05) is 17.6 Å². The van der Waals surface area contributed by atoms with E-state index in [1.54, 1.807) is 18.4 Å². The van der Waals surface area contributed by atoms with Crippen LogP contribution in [0.3, 0.4) is 0 Å². The molecule has 1 aromatic carbocycles. The van der Waals surface area contributed by atoms with E-state index in [0.29, 0.717) is 0 Å². The SMILES string of the molecule is COc1ccc(CNC(C)c2nccs2)cc1C. The second-order valence-corrected chi connectivity index (χ2v) is 5.20. The third-order valence-electron chi connectivity index (χ3n) is 2.89. The van der Waals surface area contributed by atoms with Gasteiger partial charge in [-0.1, -0.05) is 12.1 Å². The highest BCUT2D eigenvalue weighted by Crippen LogP contribution is 2.19. The minimum absolute atomic E-state index is 0.285. The molecular formula is C14H18N2OS. The quantitative estimate of drug-likeness (QED) is 0.897. The van der Waals surface area contributed by atoms with Crippen LogP contribution in [0.15, 0.2) is 29.8 Å². The smallest absolute Gasteiger partial charge is 0.121 e. The number of aryl methyl sites for hydroxylation is 1. The molecule has 0 bridgehead atoms. The van der Waals surface area contributed by atoms with E-state index in [0.717, 1.165) is 17.3 Å².